The van der Waals surface area contributed by atoms with Gasteiger partial charge in [0.15, 0.2) is 6.10 Å². The number of hydrogen-bond acceptors (Lipinski definition) is 6. The number of imide groups is 1. The SMILES string of the molecule is COc1ccc([C@H]2[C@@H]3C(=O)N(C(C)C)C(=O)[C@@H]3ON2c2ccc(Cl)cc2)c(OC)c1. The number of likely N-dealkylation sites (tertiary alicyclic amines) is 1. The maximum Gasteiger partial charge on any atom is 0.262 e. The number of amides is 2. The summed E-state index contributed by atoms with van der Waals surface area (Å²) in [7, 11) is 3.13. The van der Waals surface area contributed by atoms with Crippen LogP contribution in [0.4, 0.5) is 5.69 Å². The normalized spacial score (nSPS) is 23.3. The molecule has 3 atom stereocenters. The Labute approximate surface area is 180 Å². The number of rotatable bonds is 5. The molecule has 2 heterocycles. The second-order valence-corrected chi connectivity index (χ2v) is 7.98. The van der Waals surface area contributed by atoms with Crippen LogP contribution in [0.15, 0.2) is 42.5 Å². The number of halogens is 1. The van der Waals surface area contributed by atoms with Crippen LogP contribution in [0.5, 0.6) is 11.5 Å². The molecule has 2 aromatic carbocycles. The summed E-state index contributed by atoms with van der Waals surface area (Å²) in [4.78, 5) is 33.6. The van der Waals surface area contributed by atoms with Crippen LogP contribution < -0.4 is 14.5 Å². The van der Waals surface area contributed by atoms with Crippen molar-refractivity contribution in [1.82, 2.24) is 4.90 Å². The van der Waals surface area contributed by atoms with Crippen molar-refractivity contribution < 1.29 is 23.9 Å². The fourth-order valence-electron chi connectivity index (χ4n) is 4.14. The zero-order valence-electron chi connectivity index (χ0n) is 17.2. The van der Waals surface area contributed by atoms with Crippen LogP contribution in [0.2, 0.25) is 5.02 Å². The molecule has 0 unspecified atom stereocenters. The number of benzene rings is 2. The van der Waals surface area contributed by atoms with Crippen molar-refractivity contribution in [3.63, 3.8) is 0 Å². The molecule has 0 bridgehead atoms. The zero-order chi connectivity index (χ0) is 21.6. The summed E-state index contributed by atoms with van der Waals surface area (Å²) >= 11 is 6.04. The number of fused-ring (bicyclic) bond motifs is 1. The summed E-state index contributed by atoms with van der Waals surface area (Å²) in [5, 5.41) is 2.19. The third-order valence-corrected chi connectivity index (χ3v) is 5.76. The Morgan fingerprint density at radius 2 is 1.70 bits per heavy atom. The second kappa shape index (κ2) is 7.81. The van der Waals surface area contributed by atoms with Gasteiger partial charge >= 0.3 is 0 Å². The van der Waals surface area contributed by atoms with E-state index >= 15 is 0 Å². The molecule has 4 rings (SSSR count). The number of anilines is 1. The van der Waals surface area contributed by atoms with Gasteiger partial charge < -0.3 is 9.47 Å². The van der Waals surface area contributed by atoms with E-state index in [4.69, 9.17) is 25.9 Å². The number of methoxy groups -OCH3 is 2. The van der Waals surface area contributed by atoms with Crippen LogP contribution in [0.25, 0.3) is 0 Å². The Morgan fingerprint density at radius 3 is 2.30 bits per heavy atom. The van der Waals surface area contributed by atoms with Gasteiger partial charge in [0.1, 0.15) is 17.4 Å². The Balaban J connectivity index is 1.84. The van der Waals surface area contributed by atoms with Crippen molar-refractivity contribution >= 4 is 29.1 Å². The van der Waals surface area contributed by atoms with E-state index in [1.54, 1.807) is 55.7 Å². The molecule has 2 aliphatic rings. The molecule has 2 fully saturated rings. The monoisotopic (exact) mass is 430 g/mol. The van der Waals surface area contributed by atoms with E-state index in [0.717, 1.165) is 5.56 Å². The average molecular weight is 431 g/mol. The van der Waals surface area contributed by atoms with Gasteiger partial charge in [0.05, 0.1) is 25.9 Å². The molecule has 2 saturated heterocycles. The van der Waals surface area contributed by atoms with Gasteiger partial charge in [-0.25, -0.2) is 5.06 Å². The highest BCUT2D eigenvalue weighted by Crippen LogP contribution is 2.49. The lowest BCUT2D eigenvalue weighted by Crippen LogP contribution is -2.41. The van der Waals surface area contributed by atoms with Gasteiger partial charge in [0, 0.05) is 22.7 Å². The van der Waals surface area contributed by atoms with Crippen LogP contribution in [0, 0.1) is 5.92 Å². The molecule has 0 radical (unpaired) electrons. The van der Waals surface area contributed by atoms with Crippen LogP contribution in [0.3, 0.4) is 0 Å². The minimum atomic E-state index is -0.896. The smallest absolute Gasteiger partial charge is 0.262 e. The molecule has 2 aliphatic heterocycles. The van der Waals surface area contributed by atoms with Crippen LogP contribution in [0.1, 0.15) is 25.5 Å². The molecule has 0 aromatic heterocycles. The molecular weight excluding hydrogens is 408 g/mol. The van der Waals surface area contributed by atoms with Crippen LogP contribution >= 0.6 is 11.6 Å². The number of hydrogen-bond donors (Lipinski definition) is 0. The molecule has 30 heavy (non-hydrogen) atoms. The Bertz CT molecular complexity index is 978. The van der Waals surface area contributed by atoms with Crippen molar-refractivity contribution in [2.45, 2.75) is 32.0 Å². The predicted molar refractivity (Wildman–Crippen MR) is 112 cm³/mol. The lowest BCUT2D eigenvalue weighted by molar-refractivity contribution is -0.145. The molecule has 0 N–H and O–H groups in total. The minimum absolute atomic E-state index is 0.249. The van der Waals surface area contributed by atoms with Gasteiger partial charge in [-0.2, -0.15) is 0 Å². The lowest BCUT2D eigenvalue weighted by Gasteiger charge is -2.30. The molecule has 0 aliphatic carbocycles. The Morgan fingerprint density at radius 1 is 1.00 bits per heavy atom. The number of carbonyl (C=O) groups excluding carboxylic acids is 2. The summed E-state index contributed by atoms with van der Waals surface area (Å²) in [6.45, 7) is 3.63. The largest absolute Gasteiger partial charge is 0.497 e. The van der Waals surface area contributed by atoms with Gasteiger partial charge in [-0.3, -0.25) is 19.3 Å². The first kappa shape index (κ1) is 20.5. The first-order valence-electron chi connectivity index (χ1n) is 9.67. The van der Waals surface area contributed by atoms with Crippen LogP contribution in [-0.4, -0.2) is 43.1 Å². The Hall–Kier alpha value is -2.77. The van der Waals surface area contributed by atoms with Gasteiger partial charge in [-0.15, -0.1) is 0 Å². The van der Waals surface area contributed by atoms with E-state index in [2.05, 4.69) is 0 Å². The second-order valence-electron chi connectivity index (χ2n) is 7.55. The zero-order valence-corrected chi connectivity index (χ0v) is 17.9. The molecule has 2 amide bonds. The standard InChI is InChI=1S/C22H23ClN2O5/c1-12(2)24-21(26)18-19(16-10-9-15(28-3)11-17(16)29-4)25(30-20(18)22(24)27)14-7-5-13(23)6-8-14/h5-12,18-20H,1-4H3/t18-,19-,20+/m0/s1. The summed E-state index contributed by atoms with van der Waals surface area (Å²) in [5.41, 5.74) is 1.42. The van der Waals surface area contributed by atoms with Crippen molar-refractivity contribution in [3.05, 3.63) is 53.1 Å². The van der Waals surface area contributed by atoms with Gasteiger partial charge in [-0.1, -0.05) is 11.6 Å². The summed E-state index contributed by atoms with van der Waals surface area (Å²) in [5.74, 6) is -0.0984. The predicted octanol–water partition coefficient (Wildman–Crippen LogP) is 3.61. The number of nitrogens with zero attached hydrogens (tertiary/aromatic N) is 2. The lowest BCUT2D eigenvalue weighted by atomic mass is 9.90. The van der Waals surface area contributed by atoms with E-state index in [1.807, 2.05) is 19.9 Å². The first-order chi connectivity index (χ1) is 14.4. The van der Waals surface area contributed by atoms with E-state index < -0.39 is 18.1 Å². The van der Waals surface area contributed by atoms with Crippen molar-refractivity contribution in [1.29, 1.82) is 0 Å². The molecule has 7 nitrogen and oxygen atoms in total. The molecule has 2 aromatic rings. The third-order valence-electron chi connectivity index (χ3n) is 5.51. The summed E-state index contributed by atoms with van der Waals surface area (Å²) in [6, 6.07) is 11.6. The highest BCUT2D eigenvalue weighted by molar-refractivity contribution is 6.30. The number of ether oxygens (including phenoxy) is 2. The molecule has 0 spiro atoms. The fraction of sp³-hybridized carbons (Fsp3) is 0.364. The topological polar surface area (TPSA) is 68.3 Å². The third kappa shape index (κ3) is 3.18. The molecule has 8 heteroatoms. The van der Waals surface area contributed by atoms with Gasteiger partial charge in [0.25, 0.3) is 5.91 Å². The molecule has 0 saturated carbocycles. The van der Waals surface area contributed by atoms with Crippen LogP contribution in [-0.2, 0) is 14.4 Å². The fourth-order valence-corrected chi connectivity index (χ4v) is 4.26. The van der Waals surface area contributed by atoms with Crippen molar-refractivity contribution in [3.8, 4) is 11.5 Å². The van der Waals surface area contributed by atoms with E-state index in [-0.39, 0.29) is 17.9 Å². The Kier molecular flexibility index (Phi) is 5.34. The van der Waals surface area contributed by atoms with Crippen molar-refractivity contribution in [2.24, 2.45) is 5.92 Å². The highest BCUT2D eigenvalue weighted by Gasteiger charge is 2.60. The van der Waals surface area contributed by atoms with E-state index in [0.29, 0.717) is 22.2 Å². The van der Waals surface area contributed by atoms with E-state index in [9.17, 15) is 9.59 Å². The van der Waals surface area contributed by atoms with Crippen molar-refractivity contribution in [2.75, 3.05) is 19.3 Å². The van der Waals surface area contributed by atoms with Gasteiger partial charge in [0.2, 0.25) is 5.91 Å². The maximum atomic E-state index is 13.3. The average Bonchev–Trinajstić information content (AvgIpc) is 3.24. The summed E-state index contributed by atoms with van der Waals surface area (Å²) < 4.78 is 10.9. The maximum absolute atomic E-state index is 13.3. The molecule has 158 valence electrons. The van der Waals surface area contributed by atoms with E-state index in [1.165, 1.54) is 4.90 Å². The minimum Gasteiger partial charge on any atom is -0.497 e. The highest BCUT2D eigenvalue weighted by atomic mass is 35.5. The number of carbonyl (C=O) groups is 2. The first-order valence-corrected chi connectivity index (χ1v) is 10.1. The quantitative estimate of drug-likeness (QED) is 0.675. The molecular formula is C22H23ClN2O5. The number of hydroxylamine groups is 1. The van der Waals surface area contributed by atoms with Gasteiger partial charge in [-0.05, 0) is 50.2 Å². The summed E-state index contributed by atoms with van der Waals surface area (Å²) in [6.07, 6.45) is -0.896.